The van der Waals surface area contributed by atoms with Crippen molar-refractivity contribution in [2.24, 2.45) is 11.1 Å². The van der Waals surface area contributed by atoms with Crippen LogP contribution >= 0.6 is 11.6 Å². The highest BCUT2D eigenvalue weighted by molar-refractivity contribution is 7.83. The van der Waals surface area contributed by atoms with Gasteiger partial charge in [0, 0.05) is 52.0 Å². The van der Waals surface area contributed by atoms with Gasteiger partial charge in [-0.05, 0) is 30.7 Å². The maximum atomic E-state index is 12.7. The van der Waals surface area contributed by atoms with Gasteiger partial charge in [0.25, 0.3) is 0 Å². The van der Waals surface area contributed by atoms with Crippen LogP contribution in [0.1, 0.15) is 32.8 Å². The molecular formula is C17H25ClN2O3S. The minimum Gasteiger partial charge on any atom is -0.378 e. The van der Waals surface area contributed by atoms with Gasteiger partial charge in [0.2, 0.25) is 5.91 Å². The van der Waals surface area contributed by atoms with E-state index in [0.29, 0.717) is 29.5 Å². The van der Waals surface area contributed by atoms with Gasteiger partial charge in [-0.3, -0.25) is 9.00 Å². The van der Waals surface area contributed by atoms with Gasteiger partial charge in [-0.25, -0.2) is 0 Å². The quantitative estimate of drug-likeness (QED) is 0.804. The molecule has 3 unspecified atom stereocenters. The van der Waals surface area contributed by atoms with E-state index in [1.807, 2.05) is 20.8 Å². The summed E-state index contributed by atoms with van der Waals surface area (Å²) in [7, 11) is -1.01. The van der Waals surface area contributed by atoms with Gasteiger partial charge in [0.15, 0.2) is 0 Å². The molecule has 0 aromatic heterocycles. The van der Waals surface area contributed by atoms with Gasteiger partial charge in [-0.15, -0.1) is 0 Å². The molecule has 0 aliphatic heterocycles. The standard InChI is InChI=1S/C17H25ClN2O3S/c1-5-23-14-9-17(19,16(14,2)3)15(21)20-12-6-7-13(18)11(8-12)10-24(4)22/h6-8,14H,5,9-10,19H2,1-4H3,(H,20,21). The Labute approximate surface area is 150 Å². The topological polar surface area (TPSA) is 81.4 Å². The number of carbonyl (C=O) groups excluding carboxylic acids is 1. The second-order valence-electron chi connectivity index (χ2n) is 6.82. The Morgan fingerprint density at radius 1 is 1.50 bits per heavy atom. The SMILES string of the molecule is CCOC1CC(N)(C(=O)Nc2ccc(Cl)c(CS(C)=O)c2)C1(C)C. The highest BCUT2D eigenvalue weighted by Crippen LogP contribution is 2.50. The van der Waals surface area contributed by atoms with Crippen molar-refractivity contribution >= 4 is 34.0 Å². The molecule has 0 bridgehead atoms. The van der Waals surface area contributed by atoms with Gasteiger partial charge < -0.3 is 15.8 Å². The number of ether oxygens (including phenoxy) is 1. The summed E-state index contributed by atoms with van der Waals surface area (Å²) in [5.41, 5.74) is 6.28. The Hall–Kier alpha value is -0.950. The van der Waals surface area contributed by atoms with E-state index in [4.69, 9.17) is 22.1 Å². The van der Waals surface area contributed by atoms with Crippen molar-refractivity contribution in [3.63, 3.8) is 0 Å². The molecule has 5 nitrogen and oxygen atoms in total. The van der Waals surface area contributed by atoms with Gasteiger partial charge in [0.05, 0.1) is 6.10 Å². The molecule has 0 saturated heterocycles. The van der Waals surface area contributed by atoms with Crippen molar-refractivity contribution in [1.82, 2.24) is 0 Å². The molecular weight excluding hydrogens is 348 g/mol. The molecule has 3 N–H and O–H groups in total. The molecule has 1 aromatic rings. The largest absolute Gasteiger partial charge is 0.378 e. The lowest BCUT2D eigenvalue weighted by Gasteiger charge is -2.57. The number of hydrogen-bond acceptors (Lipinski definition) is 4. The molecule has 1 fully saturated rings. The number of hydrogen-bond donors (Lipinski definition) is 2. The van der Waals surface area contributed by atoms with Crippen LogP contribution in [-0.2, 0) is 26.1 Å². The molecule has 0 radical (unpaired) electrons. The Morgan fingerprint density at radius 2 is 2.17 bits per heavy atom. The normalized spacial score (nSPS) is 26.5. The van der Waals surface area contributed by atoms with Gasteiger partial charge >= 0.3 is 0 Å². The van der Waals surface area contributed by atoms with Crippen molar-refractivity contribution in [2.45, 2.75) is 44.6 Å². The van der Waals surface area contributed by atoms with Crippen LogP contribution in [0.15, 0.2) is 18.2 Å². The third-order valence-corrected chi connectivity index (χ3v) is 5.98. The van der Waals surface area contributed by atoms with Crippen LogP contribution in [0.25, 0.3) is 0 Å². The number of benzene rings is 1. The number of anilines is 1. The summed E-state index contributed by atoms with van der Waals surface area (Å²) in [5.74, 6) is 0.100. The summed E-state index contributed by atoms with van der Waals surface area (Å²) in [4.78, 5) is 12.7. The minimum absolute atomic E-state index is 0.0264. The molecule has 1 aliphatic carbocycles. The number of nitrogens with two attached hydrogens (primary N) is 1. The number of rotatable bonds is 6. The summed E-state index contributed by atoms with van der Waals surface area (Å²) < 4.78 is 17.1. The van der Waals surface area contributed by atoms with E-state index >= 15 is 0 Å². The van der Waals surface area contributed by atoms with Crippen LogP contribution in [0.4, 0.5) is 5.69 Å². The van der Waals surface area contributed by atoms with E-state index < -0.39 is 21.8 Å². The van der Waals surface area contributed by atoms with Crippen LogP contribution < -0.4 is 11.1 Å². The molecule has 1 saturated carbocycles. The van der Waals surface area contributed by atoms with Crippen LogP contribution in [0.5, 0.6) is 0 Å². The predicted molar refractivity (Wildman–Crippen MR) is 98.6 cm³/mol. The summed E-state index contributed by atoms with van der Waals surface area (Å²) in [6, 6.07) is 5.16. The Morgan fingerprint density at radius 3 is 2.71 bits per heavy atom. The monoisotopic (exact) mass is 372 g/mol. The molecule has 0 heterocycles. The van der Waals surface area contributed by atoms with E-state index in [-0.39, 0.29) is 12.0 Å². The van der Waals surface area contributed by atoms with Crippen molar-refractivity contribution in [3.8, 4) is 0 Å². The highest BCUT2D eigenvalue weighted by atomic mass is 35.5. The van der Waals surface area contributed by atoms with Crippen molar-refractivity contribution in [3.05, 3.63) is 28.8 Å². The number of carbonyl (C=O) groups is 1. The van der Waals surface area contributed by atoms with Crippen LogP contribution in [-0.4, -0.2) is 34.6 Å². The van der Waals surface area contributed by atoms with Crippen molar-refractivity contribution < 1.29 is 13.7 Å². The number of amides is 1. The molecule has 1 amide bonds. The molecule has 3 atom stereocenters. The van der Waals surface area contributed by atoms with E-state index in [2.05, 4.69) is 5.32 Å². The minimum atomic E-state index is -1.01. The summed E-state index contributed by atoms with van der Waals surface area (Å²) >= 11 is 6.12. The summed E-state index contributed by atoms with van der Waals surface area (Å²) in [6.07, 6.45) is 2.07. The molecule has 134 valence electrons. The maximum Gasteiger partial charge on any atom is 0.245 e. The number of halogens is 1. The summed E-state index contributed by atoms with van der Waals surface area (Å²) in [5, 5.41) is 3.40. The van der Waals surface area contributed by atoms with Crippen LogP contribution in [0, 0.1) is 5.41 Å². The van der Waals surface area contributed by atoms with Crippen molar-refractivity contribution in [2.75, 3.05) is 18.2 Å². The first-order valence-electron chi connectivity index (χ1n) is 7.92. The Kier molecular flexibility index (Phi) is 5.75. The van der Waals surface area contributed by atoms with E-state index in [1.165, 1.54) is 0 Å². The maximum absolute atomic E-state index is 12.7. The lowest BCUT2D eigenvalue weighted by atomic mass is 9.54. The Bertz CT molecular complexity index is 665. The summed E-state index contributed by atoms with van der Waals surface area (Å²) in [6.45, 7) is 6.42. The fraction of sp³-hybridized carbons (Fsp3) is 0.588. The average molecular weight is 373 g/mol. The van der Waals surface area contributed by atoms with Gasteiger partial charge in [0.1, 0.15) is 5.54 Å². The van der Waals surface area contributed by atoms with E-state index in [9.17, 15) is 9.00 Å². The second kappa shape index (κ2) is 7.12. The van der Waals surface area contributed by atoms with E-state index in [0.717, 1.165) is 5.56 Å². The second-order valence-corrected chi connectivity index (χ2v) is 8.66. The molecule has 2 rings (SSSR count). The first-order valence-corrected chi connectivity index (χ1v) is 10.0. The fourth-order valence-electron chi connectivity index (χ4n) is 3.05. The smallest absolute Gasteiger partial charge is 0.245 e. The molecule has 1 aromatic carbocycles. The first-order chi connectivity index (χ1) is 11.1. The van der Waals surface area contributed by atoms with Gasteiger partial charge in [-0.1, -0.05) is 25.4 Å². The third-order valence-electron chi connectivity index (χ3n) is 4.90. The zero-order valence-electron chi connectivity index (χ0n) is 14.5. The molecule has 0 spiro atoms. The fourth-order valence-corrected chi connectivity index (χ4v) is 3.99. The molecule has 1 aliphatic rings. The zero-order valence-corrected chi connectivity index (χ0v) is 16.1. The third kappa shape index (κ3) is 3.52. The first kappa shape index (κ1) is 19.4. The Balaban J connectivity index is 2.14. The molecule has 24 heavy (non-hydrogen) atoms. The van der Waals surface area contributed by atoms with Crippen LogP contribution in [0.2, 0.25) is 5.02 Å². The van der Waals surface area contributed by atoms with Crippen molar-refractivity contribution in [1.29, 1.82) is 0 Å². The molecule has 7 heteroatoms. The van der Waals surface area contributed by atoms with Crippen LogP contribution in [0.3, 0.4) is 0 Å². The highest BCUT2D eigenvalue weighted by Gasteiger charge is 2.62. The average Bonchev–Trinajstić information content (AvgIpc) is 2.49. The lowest BCUT2D eigenvalue weighted by Crippen LogP contribution is -2.74. The zero-order chi connectivity index (χ0) is 18.1. The lowest BCUT2D eigenvalue weighted by molar-refractivity contribution is -0.166. The number of nitrogens with one attached hydrogen (secondary N) is 1. The van der Waals surface area contributed by atoms with E-state index in [1.54, 1.807) is 24.5 Å². The van der Waals surface area contributed by atoms with Gasteiger partial charge in [-0.2, -0.15) is 0 Å². The predicted octanol–water partition coefficient (Wildman–Crippen LogP) is 2.69.